The summed E-state index contributed by atoms with van der Waals surface area (Å²) >= 11 is 0. The third kappa shape index (κ3) is 5.42. The molecule has 0 unspecified atom stereocenters. The van der Waals surface area contributed by atoms with Crippen LogP contribution in [0.5, 0.6) is 0 Å². The normalized spacial score (nSPS) is 15.7. The molecule has 1 rings (SSSR count). The van der Waals surface area contributed by atoms with Gasteiger partial charge in [-0.05, 0) is 12.1 Å². The molecule has 1 N–H and O–H groups in total. The summed E-state index contributed by atoms with van der Waals surface area (Å²) in [7, 11) is -8.05. The van der Waals surface area contributed by atoms with Gasteiger partial charge in [0, 0.05) is 18.8 Å². The largest absolute Gasteiger partial charge is 0.438 e. The van der Waals surface area contributed by atoms with Gasteiger partial charge in [-0.25, -0.2) is 0 Å². The van der Waals surface area contributed by atoms with E-state index < -0.39 is 75.1 Å². The van der Waals surface area contributed by atoms with E-state index in [2.05, 4.69) is 4.98 Å². The average molecular weight is 689 g/mol. The molecule has 0 saturated heterocycles. The van der Waals surface area contributed by atoms with Gasteiger partial charge < -0.3 is 0 Å². The Morgan fingerprint density at radius 3 is 0.952 bits per heavy atom. The molecule has 1 heterocycles. The number of nitrogens with zero attached hydrogens (tertiary/aromatic N) is 1. The van der Waals surface area contributed by atoms with E-state index in [-0.39, 0.29) is 6.92 Å². The Morgan fingerprint density at radius 1 is 0.500 bits per heavy atom. The van der Waals surface area contributed by atoms with Crippen LogP contribution >= 0.6 is 0 Å². The molecule has 248 valence electrons. The van der Waals surface area contributed by atoms with Crippen molar-refractivity contribution in [2.45, 2.75) is 71.9 Å². The van der Waals surface area contributed by atoms with Crippen molar-refractivity contribution in [1.82, 2.24) is 4.98 Å². The molecular formula is C17H11F20NO3S. The second kappa shape index (κ2) is 11.0. The number of aromatic nitrogens is 1. The van der Waals surface area contributed by atoms with Crippen molar-refractivity contribution in [2.24, 2.45) is 0 Å². The van der Waals surface area contributed by atoms with Gasteiger partial charge in [0.1, 0.15) is 0 Å². The van der Waals surface area contributed by atoms with Crippen LogP contribution < -0.4 is 0 Å². The van der Waals surface area contributed by atoms with Crippen molar-refractivity contribution in [3.05, 3.63) is 30.6 Å². The van der Waals surface area contributed by atoms with Gasteiger partial charge in [-0.15, -0.1) is 0 Å². The molecule has 42 heavy (non-hydrogen) atoms. The monoisotopic (exact) mass is 689 g/mol. The fourth-order valence-electron chi connectivity index (χ4n) is 2.29. The van der Waals surface area contributed by atoms with Crippen molar-refractivity contribution in [3.8, 4) is 0 Å². The average Bonchev–Trinajstić information content (AvgIpc) is 2.83. The summed E-state index contributed by atoms with van der Waals surface area (Å²) in [6.45, 7) is -0.221. The van der Waals surface area contributed by atoms with Crippen LogP contribution in [-0.4, -0.2) is 76.5 Å². The van der Waals surface area contributed by atoms with E-state index in [4.69, 9.17) is 4.55 Å². The lowest BCUT2D eigenvalue weighted by atomic mass is 9.86. The van der Waals surface area contributed by atoms with Crippen LogP contribution in [0.15, 0.2) is 30.6 Å². The topological polar surface area (TPSA) is 67.3 Å². The first-order valence-electron chi connectivity index (χ1n) is 9.66. The van der Waals surface area contributed by atoms with E-state index in [1.807, 2.05) is 18.2 Å². The SMILES string of the molecule is CCC(F)(F)C(F)(F)C(F)(F)C(F)(F)C(F)(F)C(F)(F)C(F)(F)C(F)(F)C(F)(F)C(F)(F)S(=O)(=O)O.c1ccncc1. The first-order chi connectivity index (χ1) is 18.1. The van der Waals surface area contributed by atoms with Crippen molar-refractivity contribution in [1.29, 1.82) is 0 Å². The minimum Gasteiger partial charge on any atom is -0.281 e. The predicted octanol–water partition coefficient (Wildman–Crippen LogP) is 7.68. The summed E-state index contributed by atoms with van der Waals surface area (Å²) < 4.78 is 293. The van der Waals surface area contributed by atoms with E-state index in [0.717, 1.165) is 0 Å². The summed E-state index contributed by atoms with van der Waals surface area (Å²) in [4.78, 5) is 3.78. The highest BCUT2D eigenvalue weighted by Gasteiger charge is 2.98. The molecule has 0 saturated carbocycles. The second-order valence-corrected chi connectivity index (χ2v) is 9.13. The minimum atomic E-state index is -9.26. The number of hydrogen-bond donors (Lipinski definition) is 1. The van der Waals surface area contributed by atoms with E-state index >= 15 is 0 Å². The third-order valence-corrected chi connectivity index (χ3v) is 5.82. The van der Waals surface area contributed by atoms with Gasteiger partial charge in [-0.2, -0.15) is 96.2 Å². The maximum absolute atomic E-state index is 13.5. The summed E-state index contributed by atoms with van der Waals surface area (Å²) in [6, 6.07) is 5.72. The highest BCUT2D eigenvalue weighted by molar-refractivity contribution is 7.87. The Hall–Kier alpha value is -2.34. The van der Waals surface area contributed by atoms with Crippen LogP contribution in [-0.2, 0) is 10.1 Å². The molecule has 0 radical (unpaired) electrons. The molecule has 0 bridgehead atoms. The number of hydrogen-bond acceptors (Lipinski definition) is 3. The summed E-state index contributed by atoms with van der Waals surface area (Å²) in [6.07, 6.45) is 0.832. The summed E-state index contributed by atoms with van der Waals surface area (Å²) in [5.74, 6) is -77.3. The standard InChI is InChI=1S/C12H6F20O3S.C5H5N/c1-2-3(13,14)4(15,16)5(17,18)6(19,20)7(21,22)8(23,24)9(25,26)10(27,28)11(29,30)12(31,32)36(33,34)35;1-2-4-6-5-3-1/h2H2,1H3,(H,33,34,35);1-5H. The van der Waals surface area contributed by atoms with Gasteiger partial charge in [-0.1, -0.05) is 13.0 Å². The zero-order valence-electron chi connectivity index (χ0n) is 19.3. The highest BCUT2D eigenvalue weighted by atomic mass is 32.2. The Kier molecular flexibility index (Phi) is 10.4. The van der Waals surface area contributed by atoms with Crippen LogP contribution in [0, 0.1) is 0 Å². The van der Waals surface area contributed by atoms with Crippen molar-refractivity contribution in [3.63, 3.8) is 0 Å². The Morgan fingerprint density at radius 2 is 0.762 bits per heavy atom. The fraction of sp³-hybridized carbons (Fsp3) is 0.706. The molecule has 4 nitrogen and oxygen atoms in total. The van der Waals surface area contributed by atoms with Gasteiger partial charge in [0.25, 0.3) is 0 Å². The molecule has 0 fully saturated rings. The molecule has 0 aromatic carbocycles. The van der Waals surface area contributed by atoms with Gasteiger partial charge >= 0.3 is 68.7 Å². The molecular weight excluding hydrogens is 678 g/mol. The Labute approximate surface area is 219 Å². The van der Waals surface area contributed by atoms with Gasteiger partial charge in [-0.3, -0.25) is 9.54 Å². The van der Waals surface area contributed by atoms with Crippen LogP contribution in [0.25, 0.3) is 0 Å². The molecule has 1 aromatic rings. The minimum absolute atomic E-state index is 0.221. The number of pyridine rings is 1. The van der Waals surface area contributed by atoms with E-state index in [0.29, 0.717) is 0 Å². The fourth-order valence-corrected chi connectivity index (χ4v) is 2.74. The first kappa shape index (κ1) is 39.7. The Balaban J connectivity index is 0.00000246. The summed E-state index contributed by atoms with van der Waals surface area (Å²) in [5, 5.41) is -8.01. The lowest BCUT2D eigenvalue weighted by Crippen LogP contribution is -2.77. The van der Waals surface area contributed by atoms with E-state index in [1.165, 1.54) is 0 Å². The first-order valence-corrected chi connectivity index (χ1v) is 11.1. The molecule has 0 atom stereocenters. The van der Waals surface area contributed by atoms with Gasteiger partial charge in [0.2, 0.25) is 0 Å². The molecule has 0 amide bonds. The van der Waals surface area contributed by atoms with Gasteiger partial charge in [0.05, 0.1) is 0 Å². The highest BCUT2D eigenvalue weighted by Crippen LogP contribution is 2.66. The number of alkyl halides is 20. The maximum Gasteiger partial charge on any atom is 0.438 e. The predicted molar refractivity (Wildman–Crippen MR) is 95.5 cm³/mol. The number of halogens is 20. The molecule has 0 spiro atoms. The van der Waals surface area contributed by atoms with Crippen molar-refractivity contribution < 1.29 is 101 Å². The van der Waals surface area contributed by atoms with Crippen LogP contribution in [0.4, 0.5) is 87.8 Å². The van der Waals surface area contributed by atoms with Crippen LogP contribution in [0.2, 0.25) is 0 Å². The maximum atomic E-state index is 13.5. The molecule has 0 aliphatic rings. The zero-order valence-corrected chi connectivity index (χ0v) is 20.1. The van der Waals surface area contributed by atoms with E-state index in [9.17, 15) is 96.2 Å². The molecule has 0 aliphatic carbocycles. The Bertz CT molecular complexity index is 1140. The lowest BCUT2D eigenvalue weighted by Gasteiger charge is -2.44. The van der Waals surface area contributed by atoms with Crippen molar-refractivity contribution in [2.75, 3.05) is 0 Å². The second-order valence-electron chi connectivity index (χ2n) is 7.67. The van der Waals surface area contributed by atoms with Crippen LogP contribution in [0.1, 0.15) is 13.3 Å². The quantitative estimate of drug-likeness (QED) is 0.191. The summed E-state index contributed by atoms with van der Waals surface area (Å²) in [5.41, 5.74) is 0. The molecule has 0 aliphatic heterocycles. The number of rotatable bonds is 11. The third-order valence-electron chi connectivity index (χ3n) is 4.92. The zero-order chi connectivity index (χ0) is 34.4. The van der Waals surface area contributed by atoms with E-state index in [1.54, 1.807) is 12.4 Å². The van der Waals surface area contributed by atoms with Gasteiger partial charge in [0.15, 0.2) is 0 Å². The molecule has 1 aromatic heterocycles. The lowest BCUT2D eigenvalue weighted by molar-refractivity contribution is -0.466. The van der Waals surface area contributed by atoms with Crippen molar-refractivity contribution >= 4 is 10.1 Å². The molecule has 25 heteroatoms. The van der Waals surface area contributed by atoms with Crippen LogP contribution in [0.3, 0.4) is 0 Å². The smallest absolute Gasteiger partial charge is 0.281 e.